The third-order valence-electron chi connectivity index (χ3n) is 5.78. The number of fused-ring (bicyclic) bond motifs is 1. The molecular formula is C18H30. The average molecular weight is 246 g/mol. The number of hydrogen-bond donors (Lipinski definition) is 0. The lowest BCUT2D eigenvalue weighted by Gasteiger charge is -2.56. The second-order valence-electron chi connectivity index (χ2n) is 7.44. The number of allylic oxidation sites excluding steroid dienone is 4. The van der Waals surface area contributed by atoms with Crippen LogP contribution in [-0.4, -0.2) is 0 Å². The van der Waals surface area contributed by atoms with E-state index in [-0.39, 0.29) is 0 Å². The minimum atomic E-state index is 0.457. The van der Waals surface area contributed by atoms with Gasteiger partial charge in [-0.25, -0.2) is 0 Å². The van der Waals surface area contributed by atoms with Gasteiger partial charge in [0.15, 0.2) is 0 Å². The van der Waals surface area contributed by atoms with Gasteiger partial charge in [-0.15, -0.1) is 0 Å². The van der Waals surface area contributed by atoms with Gasteiger partial charge < -0.3 is 0 Å². The molecule has 102 valence electrons. The van der Waals surface area contributed by atoms with E-state index in [0.29, 0.717) is 10.8 Å². The third-order valence-corrected chi connectivity index (χ3v) is 5.78. The largest absolute Gasteiger partial charge is 0.0877 e. The third kappa shape index (κ3) is 2.19. The predicted molar refractivity (Wildman–Crippen MR) is 80.5 cm³/mol. The molecule has 3 atom stereocenters. The van der Waals surface area contributed by atoms with Crippen molar-refractivity contribution < 1.29 is 0 Å². The second-order valence-corrected chi connectivity index (χ2v) is 7.44. The van der Waals surface area contributed by atoms with Gasteiger partial charge in [-0.05, 0) is 55.3 Å². The van der Waals surface area contributed by atoms with Gasteiger partial charge in [-0.3, -0.25) is 0 Å². The van der Waals surface area contributed by atoms with Crippen LogP contribution >= 0.6 is 0 Å². The summed E-state index contributed by atoms with van der Waals surface area (Å²) in [7, 11) is 0. The Hall–Kier alpha value is -0.520. The van der Waals surface area contributed by atoms with Gasteiger partial charge in [0.25, 0.3) is 0 Å². The molecule has 0 saturated heterocycles. The first-order chi connectivity index (χ1) is 8.42. The standard InChI is InChI=1S/C18H30/c1-6-7-9-15-14(2)10-11-16-17(3,4)12-8-13-18(15,16)5/h6-7,9,14,16H,8,10-13H2,1-5H3. The van der Waals surface area contributed by atoms with Crippen LogP contribution in [0.5, 0.6) is 0 Å². The molecule has 2 saturated carbocycles. The maximum absolute atomic E-state index is 2.55. The molecule has 0 radical (unpaired) electrons. The summed E-state index contributed by atoms with van der Waals surface area (Å²) in [6.07, 6.45) is 13.9. The summed E-state index contributed by atoms with van der Waals surface area (Å²) in [4.78, 5) is 0. The average Bonchev–Trinajstić information content (AvgIpc) is 2.27. The highest BCUT2D eigenvalue weighted by Gasteiger charge is 2.50. The van der Waals surface area contributed by atoms with E-state index in [1.807, 2.05) is 0 Å². The molecule has 0 spiro atoms. The molecule has 0 aromatic carbocycles. The van der Waals surface area contributed by atoms with Gasteiger partial charge in [0.1, 0.15) is 0 Å². The summed E-state index contributed by atoms with van der Waals surface area (Å²) < 4.78 is 0. The Bertz CT molecular complexity index is 358. The van der Waals surface area contributed by atoms with Crippen molar-refractivity contribution in [3.8, 4) is 0 Å². The molecule has 0 aliphatic heterocycles. The van der Waals surface area contributed by atoms with Crippen molar-refractivity contribution >= 4 is 0 Å². The molecule has 2 rings (SSSR count). The zero-order valence-electron chi connectivity index (χ0n) is 12.9. The van der Waals surface area contributed by atoms with E-state index < -0.39 is 0 Å². The van der Waals surface area contributed by atoms with Crippen molar-refractivity contribution in [1.82, 2.24) is 0 Å². The predicted octanol–water partition coefficient (Wildman–Crippen LogP) is 5.75. The zero-order chi connectivity index (χ0) is 13.4. The summed E-state index contributed by atoms with van der Waals surface area (Å²) in [5, 5.41) is 0. The summed E-state index contributed by atoms with van der Waals surface area (Å²) in [6.45, 7) is 12.1. The fourth-order valence-corrected chi connectivity index (χ4v) is 4.87. The highest BCUT2D eigenvalue weighted by atomic mass is 14.5. The Kier molecular flexibility index (Phi) is 3.76. The van der Waals surface area contributed by atoms with Crippen molar-refractivity contribution in [3.63, 3.8) is 0 Å². The van der Waals surface area contributed by atoms with Crippen LogP contribution in [0.1, 0.15) is 66.7 Å². The van der Waals surface area contributed by atoms with Gasteiger partial charge in [0.2, 0.25) is 0 Å². The highest BCUT2D eigenvalue weighted by Crippen LogP contribution is 2.60. The lowest BCUT2D eigenvalue weighted by atomic mass is 9.48. The van der Waals surface area contributed by atoms with E-state index >= 15 is 0 Å². The first-order valence-corrected chi connectivity index (χ1v) is 7.75. The van der Waals surface area contributed by atoms with Crippen LogP contribution < -0.4 is 0 Å². The molecule has 0 N–H and O–H groups in total. The Balaban J connectivity index is 2.40. The molecule has 0 nitrogen and oxygen atoms in total. The molecule has 0 bridgehead atoms. The normalized spacial score (nSPS) is 42.2. The van der Waals surface area contributed by atoms with E-state index in [1.54, 1.807) is 5.57 Å². The molecular weight excluding hydrogens is 216 g/mol. The van der Waals surface area contributed by atoms with Gasteiger partial charge in [0.05, 0.1) is 0 Å². The number of rotatable bonds is 1. The fraction of sp³-hybridized carbons (Fsp3) is 0.778. The minimum absolute atomic E-state index is 0.457. The van der Waals surface area contributed by atoms with E-state index in [0.717, 1.165) is 11.8 Å². The van der Waals surface area contributed by atoms with Crippen LogP contribution in [0, 0.1) is 22.7 Å². The Morgan fingerprint density at radius 2 is 1.83 bits per heavy atom. The summed E-state index contributed by atoms with van der Waals surface area (Å²) in [5.74, 6) is 1.66. The topological polar surface area (TPSA) is 0 Å². The Morgan fingerprint density at radius 1 is 1.11 bits per heavy atom. The highest BCUT2D eigenvalue weighted by molar-refractivity contribution is 5.27. The van der Waals surface area contributed by atoms with Crippen molar-refractivity contribution in [3.05, 3.63) is 23.8 Å². The van der Waals surface area contributed by atoms with Crippen LogP contribution in [0.2, 0.25) is 0 Å². The number of hydrogen-bond acceptors (Lipinski definition) is 0. The molecule has 2 aliphatic rings. The van der Waals surface area contributed by atoms with Crippen molar-refractivity contribution in [1.29, 1.82) is 0 Å². The zero-order valence-corrected chi connectivity index (χ0v) is 12.9. The molecule has 0 heteroatoms. The van der Waals surface area contributed by atoms with Crippen LogP contribution in [0.15, 0.2) is 23.8 Å². The maximum Gasteiger partial charge on any atom is -0.00773 e. The molecule has 0 aromatic rings. The lowest BCUT2D eigenvalue weighted by Crippen LogP contribution is -2.47. The van der Waals surface area contributed by atoms with Gasteiger partial charge >= 0.3 is 0 Å². The smallest absolute Gasteiger partial charge is 0.00773 e. The second kappa shape index (κ2) is 4.87. The van der Waals surface area contributed by atoms with Gasteiger partial charge in [-0.2, -0.15) is 0 Å². The molecule has 0 heterocycles. The first-order valence-electron chi connectivity index (χ1n) is 7.75. The van der Waals surface area contributed by atoms with E-state index in [1.165, 1.54) is 32.1 Å². The molecule has 0 aromatic heterocycles. The van der Waals surface area contributed by atoms with Crippen molar-refractivity contribution in [2.45, 2.75) is 66.7 Å². The lowest BCUT2D eigenvalue weighted by molar-refractivity contribution is -0.00629. The van der Waals surface area contributed by atoms with E-state index in [4.69, 9.17) is 0 Å². The quantitative estimate of drug-likeness (QED) is 0.552. The molecule has 18 heavy (non-hydrogen) atoms. The van der Waals surface area contributed by atoms with E-state index in [9.17, 15) is 0 Å². The molecule has 3 unspecified atom stereocenters. The van der Waals surface area contributed by atoms with Crippen molar-refractivity contribution in [2.75, 3.05) is 0 Å². The maximum atomic E-state index is 2.55. The Morgan fingerprint density at radius 3 is 2.50 bits per heavy atom. The minimum Gasteiger partial charge on any atom is -0.0877 e. The SMILES string of the molecule is CC=CC=C1C(C)CCC2C(C)(C)CCCC12C. The monoisotopic (exact) mass is 246 g/mol. The molecule has 2 aliphatic carbocycles. The summed E-state index contributed by atoms with van der Waals surface area (Å²) in [6, 6.07) is 0. The molecule has 2 fully saturated rings. The van der Waals surface area contributed by atoms with Crippen LogP contribution in [-0.2, 0) is 0 Å². The van der Waals surface area contributed by atoms with Crippen LogP contribution in [0.4, 0.5) is 0 Å². The van der Waals surface area contributed by atoms with Crippen LogP contribution in [0.3, 0.4) is 0 Å². The fourth-order valence-electron chi connectivity index (χ4n) is 4.87. The van der Waals surface area contributed by atoms with Gasteiger partial charge in [0, 0.05) is 0 Å². The Labute approximate surface area is 114 Å². The first kappa shape index (κ1) is 13.9. The van der Waals surface area contributed by atoms with Gasteiger partial charge in [-0.1, -0.05) is 57.9 Å². The van der Waals surface area contributed by atoms with Crippen LogP contribution in [0.25, 0.3) is 0 Å². The molecule has 0 amide bonds. The van der Waals surface area contributed by atoms with Crippen molar-refractivity contribution in [2.24, 2.45) is 22.7 Å². The summed E-state index contributed by atoms with van der Waals surface area (Å²) >= 11 is 0. The summed E-state index contributed by atoms with van der Waals surface area (Å²) in [5.41, 5.74) is 2.71. The van der Waals surface area contributed by atoms with E-state index in [2.05, 4.69) is 52.8 Å².